The van der Waals surface area contributed by atoms with Gasteiger partial charge in [-0.1, -0.05) is 19.3 Å². The number of rotatable bonds is 3. The molecule has 1 aliphatic carbocycles. The molecular weight excluding hydrogens is 250 g/mol. The lowest BCUT2D eigenvalue weighted by Gasteiger charge is -2.38. The first-order chi connectivity index (χ1) is 8.39. The fourth-order valence-corrected chi connectivity index (χ4v) is 4.39. The fourth-order valence-electron chi connectivity index (χ4n) is 3.45. The van der Waals surface area contributed by atoms with Gasteiger partial charge in [0.1, 0.15) is 0 Å². The minimum Gasteiger partial charge on any atom is -0.390 e. The zero-order valence-electron chi connectivity index (χ0n) is 11.3. The van der Waals surface area contributed by atoms with Gasteiger partial charge >= 0.3 is 0 Å². The highest BCUT2D eigenvalue weighted by atomic mass is 32.2. The van der Waals surface area contributed by atoms with E-state index in [0.717, 1.165) is 44.9 Å². The van der Waals surface area contributed by atoms with Gasteiger partial charge in [0.25, 0.3) is 0 Å². The summed E-state index contributed by atoms with van der Waals surface area (Å²) >= 11 is 0. The number of piperidine rings is 1. The van der Waals surface area contributed by atoms with Gasteiger partial charge in [0.05, 0.1) is 11.9 Å². The van der Waals surface area contributed by atoms with Gasteiger partial charge in [-0.25, -0.2) is 12.7 Å². The highest BCUT2D eigenvalue weighted by Crippen LogP contribution is 2.36. The summed E-state index contributed by atoms with van der Waals surface area (Å²) in [7, 11) is -3.07. The minimum absolute atomic E-state index is 0.330. The normalized spacial score (nSPS) is 30.2. The Morgan fingerprint density at radius 1 is 1.22 bits per heavy atom. The molecule has 2 rings (SSSR count). The van der Waals surface area contributed by atoms with Gasteiger partial charge in [0.15, 0.2) is 0 Å². The molecule has 1 heterocycles. The van der Waals surface area contributed by atoms with Crippen molar-refractivity contribution in [3.8, 4) is 0 Å². The predicted molar refractivity (Wildman–Crippen MR) is 71.8 cm³/mol. The van der Waals surface area contributed by atoms with E-state index in [1.807, 2.05) is 0 Å². The van der Waals surface area contributed by atoms with Gasteiger partial charge in [0.2, 0.25) is 10.0 Å². The number of hydrogen-bond donors (Lipinski definition) is 1. The van der Waals surface area contributed by atoms with Crippen molar-refractivity contribution in [3.63, 3.8) is 0 Å². The molecule has 0 aromatic heterocycles. The maximum atomic E-state index is 11.6. The molecule has 106 valence electrons. The molecular formula is C13H25NO3S. The standard InChI is InChI=1S/C13H25NO3S/c1-18(16,17)14-9-5-6-12(11-14)10-13(15)7-3-2-4-8-13/h12,15H,2-11H2,1H3. The average molecular weight is 275 g/mol. The van der Waals surface area contributed by atoms with Gasteiger partial charge in [-0.3, -0.25) is 0 Å². The molecule has 1 atom stereocenters. The second kappa shape index (κ2) is 5.47. The third kappa shape index (κ3) is 3.68. The van der Waals surface area contributed by atoms with E-state index in [-0.39, 0.29) is 0 Å². The first-order valence-electron chi connectivity index (χ1n) is 7.07. The Kier molecular flexibility index (Phi) is 4.34. The summed E-state index contributed by atoms with van der Waals surface area (Å²) in [6.07, 6.45) is 9.26. The molecule has 0 aromatic carbocycles. The number of hydrogen-bond acceptors (Lipinski definition) is 3. The van der Waals surface area contributed by atoms with Crippen molar-refractivity contribution in [1.29, 1.82) is 0 Å². The van der Waals surface area contributed by atoms with Crippen LogP contribution in [0.15, 0.2) is 0 Å². The van der Waals surface area contributed by atoms with E-state index >= 15 is 0 Å². The molecule has 1 saturated heterocycles. The summed E-state index contributed by atoms with van der Waals surface area (Å²) in [6, 6.07) is 0. The lowest BCUT2D eigenvalue weighted by molar-refractivity contribution is -0.0232. The summed E-state index contributed by atoms with van der Waals surface area (Å²) in [6.45, 7) is 1.24. The minimum atomic E-state index is -3.07. The van der Waals surface area contributed by atoms with E-state index in [2.05, 4.69) is 0 Å². The van der Waals surface area contributed by atoms with Crippen molar-refractivity contribution in [2.75, 3.05) is 19.3 Å². The molecule has 2 fully saturated rings. The van der Waals surface area contributed by atoms with Crippen LogP contribution in [0, 0.1) is 5.92 Å². The molecule has 1 unspecified atom stereocenters. The maximum Gasteiger partial charge on any atom is 0.211 e. The fraction of sp³-hybridized carbons (Fsp3) is 1.00. The van der Waals surface area contributed by atoms with Gasteiger partial charge in [0, 0.05) is 13.1 Å². The molecule has 1 saturated carbocycles. The molecule has 0 radical (unpaired) electrons. The zero-order valence-corrected chi connectivity index (χ0v) is 12.1. The Morgan fingerprint density at radius 2 is 1.89 bits per heavy atom. The zero-order chi connectivity index (χ0) is 13.2. The quantitative estimate of drug-likeness (QED) is 0.853. The van der Waals surface area contributed by atoms with E-state index in [1.54, 1.807) is 4.31 Å². The summed E-state index contributed by atoms with van der Waals surface area (Å²) in [5.74, 6) is 0.330. The molecule has 0 spiro atoms. The Labute approximate surface area is 110 Å². The summed E-state index contributed by atoms with van der Waals surface area (Å²) < 4.78 is 24.7. The monoisotopic (exact) mass is 275 g/mol. The first-order valence-corrected chi connectivity index (χ1v) is 8.91. The Bertz CT molecular complexity index is 374. The molecule has 1 aliphatic heterocycles. The van der Waals surface area contributed by atoms with Gasteiger partial charge in [-0.2, -0.15) is 0 Å². The van der Waals surface area contributed by atoms with Crippen LogP contribution in [0.5, 0.6) is 0 Å². The second-order valence-electron chi connectivity index (χ2n) is 6.12. The van der Waals surface area contributed by atoms with Crippen LogP contribution in [-0.2, 0) is 10.0 Å². The Morgan fingerprint density at radius 3 is 2.50 bits per heavy atom. The highest BCUT2D eigenvalue weighted by Gasteiger charge is 2.35. The molecule has 18 heavy (non-hydrogen) atoms. The predicted octanol–water partition coefficient (Wildman–Crippen LogP) is 1.74. The number of aliphatic hydroxyl groups is 1. The molecule has 2 aliphatic rings. The number of nitrogens with zero attached hydrogens (tertiary/aromatic N) is 1. The van der Waals surface area contributed by atoms with Crippen molar-refractivity contribution < 1.29 is 13.5 Å². The summed E-state index contributed by atoms with van der Waals surface area (Å²) in [4.78, 5) is 0. The largest absolute Gasteiger partial charge is 0.390 e. The van der Waals surface area contributed by atoms with Crippen LogP contribution >= 0.6 is 0 Å². The third-order valence-corrected chi connectivity index (χ3v) is 5.67. The van der Waals surface area contributed by atoms with E-state index in [4.69, 9.17) is 0 Å². The second-order valence-corrected chi connectivity index (χ2v) is 8.10. The van der Waals surface area contributed by atoms with Crippen LogP contribution in [0.25, 0.3) is 0 Å². The number of sulfonamides is 1. The van der Waals surface area contributed by atoms with Crippen LogP contribution in [0.4, 0.5) is 0 Å². The van der Waals surface area contributed by atoms with Crippen molar-refractivity contribution in [2.45, 2.75) is 57.0 Å². The van der Waals surface area contributed by atoms with Gasteiger partial charge in [-0.05, 0) is 38.0 Å². The smallest absolute Gasteiger partial charge is 0.211 e. The van der Waals surface area contributed by atoms with Crippen molar-refractivity contribution in [1.82, 2.24) is 4.31 Å². The van der Waals surface area contributed by atoms with E-state index in [1.165, 1.54) is 12.7 Å². The Balaban J connectivity index is 1.93. The average Bonchev–Trinajstić information content (AvgIpc) is 2.28. The van der Waals surface area contributed by atoms with Crippen LogP contribution in [0.3, 0.4) is 0 Å². The van der Waals surface area contributed by atoms with Gasteiger partial charge < -0.3 is 5.11 Å². The topological polar surface area (TPSA) is 57.6 Å². The van der Waals surface area contributed by atoms with Crippen molar-refractivity contribution >= 4 is 10.0 Å². The molecule has 1 N–H and O–H groups in total. The molecule has 0 amide bonds. The molecule has 5 heteroatoms. The molecule has 0 aromatic rings. The van der Waals surface area contributed by atoms with Crippen LogP contribution in [0.2, 0.25) is 0 Å². The van der Waals surface area contributed by atoms with E-state index in [9.17, 15) is 13.5 Å². The molecule has 4 nitrogen and oxygen atoms in total. The van der Waals surface area contributed by atoms with Crippen LogP contribution in [-0.4, -0.2) is 42.8 Å². The SMILES string of the molecule is CS(=O)(=O)N1CCCC(CC2(O)CCCCC2)C1. The van der Waals surface area contributed by atoms with Crippen LogP contribution in [0.1, 0.15) is 51.4 Å². The first kappa shape index (κ1) is 14.3. The third-order valence-electron chi connectivity index (χ3n) is 4.40. The van der Waals surface area contributed by atoms with E-state index in [0.29, 0.717) is 19.0 Å². The summed E-state index contributed by atoms with van der Waals surface area (Å²) in [5.41, 5.74) is -0.524. The Hall–Kier alpha value is -0.130. The van der Waals surface area contributed by atoms with Crippen molar-refractivity contribution in [3.05, 3.63) is 0 Å². The maximum absolute atomic E-state index is 11.6. The lowest BCUT2D eigenvalue weighted by Crippen LogP contribution is -2.43. The summed E-state index contributed by atoms with van der Waals surface area (Å²) in [5, 5.41) is 10.5. The van der Waals surface area contributed by atoms with E-state index < -0.39 is 15.6 Å². The lowest BCUT2D eigenvalue weighted by atomic mass is 9.77. The van der Waals surface area contributed by atoms with Gasteiger partial charge in [-0.15, -0.1) is 0 Å². The van der Waals surface area contributed by atoms with Crippen molar-refractivity contribution in [2.24, 2.45) is 5.92 Å². The van der Waals surface area contributed by atoms with Crippen LogP contribution < -0.4 is 0 Å². The molecule has 0 bridgehead atoms. The highest BCUT2D eigenvalue weighted by molar-refractivity contribution is 7.88.